The number of aromatic amines is 1. The maximum absolute atomic E-state index is 13.1. The number of sulfonamides is 1. The number of aromatic nitrogens is 1. The van der Waals surface area contributed by atoms with Gasteiger partial charge in [0, 0.05) is 16.7 Å². The van der Waals surface area contributed by atoms with Gasteiger partial charge in [-0.2, -0.15) is 13.2 Å². The minimum atomic E-state index is -5.08. The number of nitrogens with one attached hydrogen (secondary N) is 5. The highest BCUT2D eigenvalue weighted by Crippen LogP contribution is 2.24. The second kappa shape index (κ2) is 14.0. The number of carbonyl (C=O) groups is 2. The molecular weight excluding hydrogens is 641 g/mol. The van der Waals surface area contributed by atoms with Crippen LogP contribution in [0.15, 0.2) is 56.6 Å². The van der Waals surface area contributed by atoms with Gasteiger partial charge in [-0.25, -0.2) is 18.7 Å². The van der Waals surface area contributed by atoms with Crippen LogP contribution in [0.2, 0.25) is 0 Å². The number of hydroxylamine groups is 1. The molecule has 0 radical (unpaired) electrons. The number of benzene rings is 2. The zero-order valence-electron chi connectivity index (χ0n) is 21.1. The molecule has 0 bridgehead atoms. The van der Waals surface area contributed by atoms with Crippen LogP contribution in [-0.4, -0.2) is 55.7 Å². The smallest absolute Gasteiger partial charge is 0.475 e. The van der Waals surface area contributed by atoms with Crippen molar-refractivity contribution in [3.63, 3.8) is 0 Å². The molecule has 41 heavy (non-hydrogen) atoms. The number of guanidine groups is 1. The maximum Gasteiger partial charge on any atom is 0.490 e. The van der Waals surface area contributed by atoms with Gasteiger partial charge in [0.2, 0.25) is 11.9 Å². The van der Waals surface area contributed by atoms with E-state index in [1.54, 1.807) is 25.1 Å². The van der Waals surface area contributed by atoms with E-state index >= 15 is 0 Å². The van der Waals surface area contributed by atoms with Crippen LogP contribution >= 0.6 is 15.9 Å². The SMILES string of the molecule is Cc1cc(CC(=O)NCCONC(=N)N)c(NS(=O)(=O)c2ccc3cc(Br)ccc3c2)c(=O)[nH]1.O=C(O)C(F)(F)F. The molecule has 1 aromatic heterocycles. The number of aliphatic carboxylic acids is 1. The van der Waals surface area contributed by atoms with E-state index in [1.807, 2.05) is 6.07 Å². The molecule has 0 saturated carbocycles. The molecule has 0 atom stereocenters. The summed E-state index contributed by atoms with van der Waals surface area (Å²) in [5.41, 5.74) is 7.01. The number of carbonyl (C=O) groups excluding carboxylic acids is 1. The first-order chi connectivity index (χ1) is 19.0. The second-order valence-electron chi connectivity index (χ2n) is 8.13. The number of halogens is 4. The number of anilines is 1. The lowest BCUT2D eigenvalue weighted by Gasteiger charge is -2.13. The van der Waals surface area contributed by atoms with Gasteiger partial charge in [0.15, 0.2) is 0 Å². The molecule has 0 aliphatic heterocycles. The predicted octanol–water partition coefficient (Wildman–Crippen LogP) is 2.11. The number of hydrogen-bond donors (Lipinski definition) is 7. The summed E-state index contributed by atoms with van der Waals surface area (Å²) in [5, 5.41) is 18.2. The molecule has 0 aliphatic rings. The zero-order chi connectivity index (χ0) is 31.0. The standard InChI is InChI=1S/C21H23BrN6O5S.C2HF3O2/c1-12-8-15(11-18(29)25-6-7-33-27-21(23)24)19(20(30)26-12)28-34(31,32)17-5-3-13-9-16(22)4-2-14(13)10-17;3-2(4,5)1(6)7/h2-5,8-10,28H,6-7,11H2,1H3,(H,25,29)(H,26,30)(H4,23,24,27);(H,6,7). The van der Waals surface area contributed by atoms with Crippen LogP contribution in [0.3, 0.4) is 0 Å². The fraction of sp³-hybridized carbons (Fsp3) is 0.217. The number of carboxylic acid groups (broad SMARTS) is 1. The molecular formula is C23H24BrF3N6O7S. The molecule has 13 nitrogen and oxygen atoms in total. The van der Waals surface area contributed by atoms with Gasteiger partial charge in [-0.05, 0) is 53.6 Å². The third-order valence-electron chi connectivity index (χ3n) is 4.87. The fourth-order valence-corrected chi connectivity index (χ4v) is 4.69. The largest absolute Gasteiger partial charge is 0.490 e. The summed E-state index contributed by atoms with van der Waals surface area (Å²) >= 11 is 3.38. The number of hydrogen-bond acceptors (Lipinski definition) is 7. The molecule has 3 rings (SSSR count). The van der Waals surface area contributed by atoms with Crippen molar-refractivity contribution < 1.29 is 41.1 Å². The number of rotatable bonds is 9. The van der Waals surface area contributed by atoms with Crippen LogP contribution in [0.4, 0.5) is 18.9 Å². The van der Waals surface area contributed by atoms with Gasteiger partial charge in [0.05, 0.1) is 17.9 Å². The first-order valence-electron chi connectivity index (χ1n) is 11.2. The van der Waals surface area contributed by atoms with Crippen molar-refractivity contribution in [2.75, 3.05) is 17.9 Å². The number of H-pyrrole nitrogens is 1. The Bertz CT molecular complexity index is 1610. The van der Waals surface area contributed by atoms with E-state index in [1.165, 1.54) is 18.2 Å². The van der Waals surface area contributed by atoms with Crippen molar-refractivity contribution in [1.29, 1.82) is 5.41 Å². The van der Waals surface area contributed by atoms with Crippen LogP contribution in [0.5, 0.6) is 0 Å². The van der Waals surface area contributed by atoms with Crippen LogP contribution in [0.1, 0.15) is 11.3 Å². The average molecular weight is 665 g/mol. The number of alkyl halides is 3. The summed E-state index contributed by atoms with van der Waals surface area (Å²) < 4.78 is 61.1. The molecule has 0 saturated heterocycles. The molecule has 18 heteroatoms. The number of carboxylic acids is 1. The molecule has 0 fully saturated rings. The highest BCUT2D eigenvalue weighted by molar-refractivity contribution is 9.10. The molecule has 1 heterocycles. The van der Waals surface area contributed by atoms with Gasteiger partial charge in [0.1, 0.15) is 5.69 Å². The summed E-state index contributed by atoms with van der Waals surface area (Å²) in [6.45, 7) is 1.77. The van der Waals surface area contributed by atoms with Crippen molar-refractivity contribution in [2.45, 2.75) is 24.4 Å². The highest BCUT2D eigenvalue weighted by atomic mass is 79.9. The Labute approximate surface area is 238 Å². The first-order valence-corrected chi connectivity index (χ1v) is 13.5. The number of fused-ring (bicyclic) bond motifs is 1. The van der Waals surface area contributed by atoms with Gasteiger partial charge in [0.25, 0.3) is 15.6 Å². The lowest BCUT2D eigenvalue weighted by Crippen LogP contribution is -2.35. The summed E-state index contributed by atoms with van der Waals surface area (Å²) in [5.74, 6) is -3.58. The quantitative estimate of drug-likeness (QED) is 0.0770. The zero-order valence-corrected chi connectivity index (χ0v) is 23.5. The molecule has 222 valence electrons. The number of aryl methyl sites for hydroxylation is 1. The Morgan fingerprint density at radius 3 is 2.37 bits per heavy atom. The molecule has 0 spiro atoms. The average Bonchev–Trinajstić information content (AvgIpc) is 2.85. The molecule has 0 aliphatic carbocycles. The minimum Gasteiger partial charge on any atom is -0.475 e. The van der Waals surface area contributed by atoms with Gasteiger partial charge >= 0.3 is 12.1 Å². The molecule has 1 amide bonds. The Morgan fingerprint density at radius 1 is 1.15 bits per heavy atom. The Morgan fingerprint density at radius 2 is 1.76 bits per heavy atom. The van der Waals surface area contributed by atoms with Gasteiger partial charge in [-0.3, -0.25) is 24.6 Å². The fourth-order valence-electron chi connectivity index (χ4n) is 3.17. The maximum atomic E-state index is 13.1. The number of pyridine rings is 1. The van der Waals surface area contributed by atoms with E-state index in [0.717, 1.165) is 9.86 Å². The normalized spacial score (nSPS) is 11.2. The van der Waals surface area contributed by atoms with Crippen molar-refractivity contribution in [2.24, 2.45) is 5.73 Å². The Hall–Kier alpha value is -4.16. The first kappa shape index (κ1) is 33.0. The van der Waals surface area contributed by atoms with E-state index in [0.29, 0.717) is 11.1 Å². The van der Waals surface area contributed by atoms with Gasteiger partial charge in [-0.1, -0.05) is 28.1 Å². The molecule has 3 aromatic rings. The van der Waals surface area contributed by atoms with Gasteiger partial charge < -0.3 is 21.1 Å². The summed E-state index contributed by atoms with van der Waals surface area (Å²) in [6.07, 6.45) is -5.32. The third-order valence-corrected chi connectivity index (χ3v) is 6.71. The third kappa shape index (κ3) is 10.4. The van der Waals surface area contributed by atoms with Crippen LogP contribution in [0, 0.1) is 12.3 Å². The summed E-state index contributed by atoms with van der Waals surface area (Å²) in [7, 11) is -4.11. The Kier molecular flexibility index (Phi) is 11.2. The lowest BCUT2D eigenvalue weighted by molar-refractivity contribution is -0.192. The van der Waals surface area contributed by atoms with Crippen molar-refractivity contribution in [1.82, 2.24) is 15.8 Å². The summed E-state index contributed by atoms with van der Waals surface area (Å²) in [4.78, 5) is 41.2. The van der Waals surface area contributed by atoms with Gasteiger partial charge in [-0.15, -0.1) is 0 Å². The van der Waals surface area contributed by atoms with E-state index in [2.05, 4.69) is 36.4 Å². The van der Waals surface area contributed by atoms with E-state index < -0.39 is 33.6 Å². The Balaban J connectivity index is 0.000000745. The van der Waals surface area contributed by atoms with Crippen molar-refractivity contribution in [3.8, 4) is 0 Å². The highest BCUT2D eigenvalue weighted by Gasteiger charge is 2.38. The molecule has 0 unspecified atom stereocenters. The van der Waals surface area contributed by atoms with E-state index in [4.69, 9.17) is 25.9 Å². The van der Waals surface area contributed by atoms with Crippen LogP contribution < -0.4 is 26.8 Å². The topological polar surface area (TPSA) is 217 Å². The van der Waals surface area contributed by atoms with Crippen LogP contribution in [-0.2, 0) is 30.9 Å². The van der Waals surface area contributed by atoms with Crippen molar-refractivity contribution >= 4 is 60.2 Å². The monoisotopic (exact) mass is 664 g/mol. The second-order valence-corrected chi connectivity index (χ2v) is 10.7. The predicted molar refractivity (Wildman–Crippen MR) is 146 cm³/mol. The minimum absolute atomic E-state index is 0.0205. The van der Waals surface area contributed by atoms with E-state index in [9.17, 15) is 31.2 Å². The van der Waals surface area contributed by atoms with E-state index in [-0.39, 0.29) is 41.7 Å². The lowest BCUT2D eigenvalue weighted by atomic mass is 10.1. The molecule has 2 aromatic carbocycles. The van der Waals surface area contributed by atoms with Crippen molar-refractivity contribution in [3.05, 3.63) is 68.5 Å². The number of nitrogens with two attached hydrogens (primary N) is 1. The van der Waals surface area contributed by atoms with Crippen LogP contribution in [0.25, 0.3) is 10.8 Å². The summed E-state index contributed by atoms with van der Waals surface area (Å²) in [6, 6.07) is 11.6. The number of amides is 1. The molecule has 8 N–H and O–H groups in total.